The molecule has 2 rings (SSSR count). The van der Waals surface area contributed by atoms with Crippen molar-refractivity contribution in [2.75, 3.05) is 6.61 Å². The van der Waals surface area contributed by atoms with E-state index < -0.39 is 6.10 Å². The van der Waals surface area contributed by atoms with Crippen molar-refractivity contribution >= 4 is 0 Å². The molecule has 4 atom stereocenters. The summed E-state index contributed by atoms with van der Waals surface area (Å²) in [7, 11) is 0. The lowest BCUT2D eigenvalue weighted by molar-refractivity contribution is -0.177. The van der Waals surface area contributed by atoms with Gasteiger partial charge in [-0.3, -0.25) is 0 Å². The quantitative estimate of drug-likeness (QED) is 0.539. The van der Waals surface area contributed by atoms with E-state index in [-0.39, 0.29) is 18.3 Å². The van der Waals surface area contributed by atoms with Gasteiger partial charge in [-0.2, -0.15) is 0 Å². The molecule has 0 aromatic rings. The second-order valence-corrected chi connectivity index (χ2v) is 8.03. The van der Waals surface area contributed by atoms with Gasteiger partial charge in [-0.1, -0.05) is 47.3 Å². The Labute approximate surface area is 165 Å². The lowest BCUT2D eigenvalue weighted by Gasteiger charge is -2.26. The van der Waals surface area contributed by atoms with Crippen LogP contribution in [0.2, 0.25) is 0 Å². The summed E-state index contributed by atoms with van der Waals surface area (Å²) in [4.78, 5) is 0. The maximum Gasteiger partial charge on any atom is 0.158 e. The molecule has 0 bridgehead atoms. The van der Waals surface area contributed by atoms with Crippen LogP contribution in [0.15, 0.2) is 35.5 Å². The first kappa shape index (κ1) is 22.0. The van der Waals surface area contributed by atoms with E-state index in [9.17, 15) is 5.11 Å². The van der Waals surface area contributed by atoms with E-state index >= 15 is 0 Å². The van der Waals surface area contributed by atoms with E-state index in [2.05, 4.69) is 44.4 Å². The van der Waals surface area contributed by atoms with Crippen LogP contribution in [0.4, 0.5) is 0 Å². The van der Waals surface area contributed by atoms with Crippen molar-refractivity contribution in [3.63, 3.8) is 0 Å². The number of hydrogen-bond donors (Lipinski definition) is 1. The molecule has 0 spiro atoms. The second-order valence-electron chi connectivity index (χ2n) is 8.03. The molecule has 3 heteroatoms. The first-order chi connectivity index (χ1) is 13.0. The van der Waals surface area contributed by atoms with Crippen LogP contribution in [0.5, 0.6) is 0 Å². The van der Waals surface area contributed by atoms with E-state index in [1.807, 2.05) is 6.92 Å². The first-order valence-electron chi connectivity index (χ1n) is 10.4. The average molecular weight is 373 g/mol. The molecule has 1 fully saturated rings. The number of aliphatic hydroxyl groups excluding tert-OH is 1. The van der Waals surface area contributed by atoms with E-state index in [1.165, 1.54) is 11.1 Å². The van der Waals surface area contributed by atoms with Crippen molar-refractivity contribution in [3.8, 4) is 11.8 Å². The standard InChI is InChI=1S/C24H36O3/c1-18(2)22-15-14-19(3)9-7-10-20(4)17-21(11-8-12-23(22)25)27-24-13-5-6-16-26-24/h9,17,21-25H,1,5-7,10-11,13-16H2,2-4H3/b19-9+,20-17+/t21-,22?,23+,24?/m1/s1. The van der Waals surface area contributed by atoms with Gasteiger partial charge in [-0.25, -0.2) is 0 Å². The molecule has 1 heterocycles. The van der Waals surface area contributed by atoms with Gasteiger partial charge in [0.05, 0.1) is 6.10 Å². The van der Waals surface area contributed by atoms with Crippen molar-refractivity contribution in [2.45, 2.75) is 90.6 Å². The zero-order valence-electron chi connectivity index (χ0n) is 17.3. The fraction of sp³-hybridized carbons (Fsp3) is 0.667. The number of aliphatic hydroxyl groups is 1. The van der Waals surface area contributed by atoms with Crippen LogP contribution < -0.4 is 0 Å². The molecule has 1 N–H and O–H groups in total. The van der Waals surface area contributed by atoms with Crippen molar-refractivity contribution in [2.24, 2.45) is 5.92 Å². The summed E-state index contributed by atoms with van der Waals surface area (Å²) in [6.07, 6.45) is 11.3. The molecule has 1 saturated heterocycles. The summed E-state index contributed by atoms with van der Waals surface area (Å²) in [5, 5.41) is 10.6. The van der Waals surface area contributed by atoms with Crippen LogP contribution in [0.3, 0.4) is 0 Å². The molecule has 0 saturated carbocycles. The van der Waals surface area contributed by atoms with Gasteiger partial charge in [0.15, 0.2) is 6.29 Å². The van der Waals surface area contributed by atoms with E-state index in [0.717, 1.165) is 57.1 Å². The third-order valence-electron chi connectivity index (χ3n) is 5.38. The van der Waals surface area contributed by atoms with Crippen LogP contribution >= 0.6 is 0 Å². The Balaban J connectivity index is 2.15. The lowest BCUT2D eigenvalue weighted by Crippen LogP contribution is -2.27. The number of allylic oxidation sites excluding steroid dienone is 3. The molecule has 1 aliphatic carbocycles. The fourth-order valence-electron chi connectivity index (χ4n) is 3.63. The molecule has 0 amide bonds. The second kappa shape index (κ2) is 11.5. The molecule has 0 aromatic heterocycles. The minimum atomic E-state index is -0.671. The van der Waals surface area contributed by atoms with Gasteiger partial charge in [-0.15, -0.1) is 0 Å². The van der Waals surface area contributed by atoms with Gasteiger partial charge in [0, 0.05) is 18.9 Å². The third kappa shape index (κ3) is 8.05. The van der Waals surface area contributed by atoms with Gasteiger partial charge in [0.1, 0.15) is 6.10 Å². The maximum atomic E-state index is 10.6. The zero-order valence-corrected chi connectivity index (χ0v) is 17.3. The zero-order chi connectivity index (χ0) is 19.6. The molecule has 0 radical (unpaired) electrons. The van der Waals surface area contributed by atoms with Gasteiger partial charge < -0.3 is 14.6 Å². The van der Waals surface area contributed by atoms with Crippen LogP contribution in [0, 0.1) is 17.8 Å². The van der Waals surface area contributed by atoms with Crippen molar-refractivity contribution in [3.05, 3.63) is 35.5 Å². The van der Waals surface area contributed by atoms with Crippen molar-refractivity contribution in [1.82, 2.24) is 0 Å². The lowest BCUT2D eigenvalue weighted by atomic mass is 9.89. The Bertz CT molecular complexity index is 599. The third-order valence-corrected chi connectivity index (χ3v) is 5.38. The van der Waals surface area contributed by atoms with Crippen molar-refractivity contribution < 1.29 is 14.6 Å². The molecule has 1 aliphatic heterocycles. The van der Waals surface area contributed by atoms with Crippen LogP contribution in [-0.4, -0.2) is 30.2 Å². The number of ether oxygens (including phenoxy) is 2. The highest BCUT2D eigenvalue weighted by atomic mass is 16.7. The number of rotatable bonds is 3. The molecule has 0 aromatic carbocycles. The summed E-state index contributed by atoms with van der Waals surface area (Å²) < 4.78 is 11.9. The van der Waals surface area contributed by atoms with E-state index in [1.54, 1.807) is 0 Å². The topological polar surface area (TPSA) is 38.7 Å². The Hall–Kier alpha value is -1.34. The molecule has 27 heavy (non-hydrogen) atoms. The van der Waals surface area contributed by atoms with E-state index in [0.29, 0.717) is 6.42 Å². The van der Waals surface area contributed by atoms with Gasteiger partial charge in [0.2, 0.25) is 0 Å². The summed E-state index contributed by atoms with van der Waals surface area (Å²) in [6, 6.07) is 0. The minimum Gasteiger partial charge on any atom is -0.380 e. The SMILES string of the molecule is C=C(C)C1CC/C(C)=C/CC/C(C)=C/[C@H](OC2CCCCO2)CC#C[C@@H]1O. The normalized spacial score (nSPS) is 34.8. The molecule has 150 valence electrons. The van der Waals surface area contributed by atoms with Crippen LogP contribution in [0.25, 0.3) is 0 Å². The summed E-state index contributed by atoms with van der Waals surface area (Å²) in [6.45, 7) is 11.1. The highest BCUT2D eigenvalue weighted by molar-refractivity contribution is 5.16. The van der Waals surface area contributed by atoms with Gasteiger partial charge in [0.25, 0.3) is 0 Å². The predicted molar refractivity (Wildman–Crippen MR) is 111 cm³/mol. The average Bonchev–Trinajstić information content (AvgIpc) is 2.61. The van der Waals surface area contributed by atoms with Crippen molar-refractivity contribution in [1.29, 1.82) is 0 Å². The Kier molecular flexibility index (Phi) is 9.34. The van der Waals surface area contributed by atoms with Gasteiger partial charge in [-0.05, 0) is 65.7 Å². The minimum absolute atomic E-state index is 0.0158. The highest BCUT2D eigenvalue weighted by Gasteiger charge is 2.20. The Morgan fingerprint density at radius 2 is 2.04 bits per heavy atom. The summed E-state index contributed by atoms with van der Waals surface area (Å²) >= 11 is 0. The summed E-state index contributed by atoms with van der Waals surface area (Å²) in [5.41, 5.74) is 3.68. The monoisotopic (exact) mass is 372 g/mol. The predicted octanol–water partition coefficient (Wildman–Crippen LogP) is 5.31. The maximum absolute atomic E-state index is 10.6. The fourth-order valence-corrected chi connectivity index (χ4v) is 3.63. The Morgan fingerprint density at radius 3 is 2.74 bits per heavy atom. The molecular formula is C24H36O3. The molecule has 2 aliphatic rings. The molecule has 2 unspecified atom stereocenters. The highest BCUT2D eigenvalue weighted by Crippen LogP contribution is 2.24. The molecular weight excluding hydrogens is 336 g/mol. The van der Waals surface area contributed by atoms with Crippen LogP contribution in [-0.2, 0) is 9.47 Å². The first-order valence-corrected chi connectivity index (χ1v) is 10.4. The largest absolute Gasteiger partial charge is 0.380 e. The molecule has 3 nitrogen and oxygen atoms in total. The number of hydrogen-bond acceptors (Lipinski definition) is 3. The Morgan fingerprint density at radius 1 is 1.22 bits per heavy atom. The van der Waals surface area contributed by atoms with Crippen LogP contribution in [0.1, 0.15) is 72.1 Å². The van der Waals surface area contributed by atoms with Gasteiger partial charge >= 0.3 is 0 Å². The summed E-state index contributed by atoms with van der Waals surface area (Å²) in [5.74, 6) is 6.22. The smallest absolute Gasteiger partial charge is 0.158 e. The van der Waals surface area contributed by atoms with E-state index in [4.69, 9.17) is 9.47 Å².